The summed E-state index contributed by atoms with van der Waals surface area (Å²) in [6, 6.07) is 20.0. The lowest BCUT2D eigenvalue weighted by Gasteiger charge is -2.32. The molecule has 4 aromatic rings. The number of piperazine rings is 1. The van der Waals surface area contributed by atoms with Crippen molar-refractivity contribution in [2.75, 3.05) is 64.1 Å². The first-order chi connectivity index (χ1) is 17.9. The first-order valence-electron chi connectivity index (χ1n) is 12.5. The summed E-state index contributed by atoms with van der Waals surface area (Å²) in [6.45, 7) is 4.06. The van der Waals surface area contributed by atoms with Gasteiger partial charge in [0.05, 0.1) is 17.1 Å². The molecule has 0 aliphatic carbocycles. The SMILES string of the molecule is CN1CCN(C(=O)c2ccc3cc(CCNc4nc(N(C)C)nc5ccc(C#N)cc45)ccc3c2)CC1. The standard InChI is InChI=1S/C29H31N7O/c1-34(2)29-32-26-9-5-21(19-30)17-25(26)27(33-29)31-11-10-20-4-6-23-18-24(8-7-22(23)16-20)28(37)36-14-12-35(3)13-15-36/h4-9,16-18H,10-15H2,1-3H3,(H,31,32,33). The number of amides is 1. The quantitative estimate of drug-likeness (QED) is 0.437. The molecule has 0 atom stereocenters. The highest BCUT2D eigenvalue weighted by molar-refractivity contribution is 5.98. The first-order valence-corrected chi connectivity index (χ1v) is 12.5. The molecule has 2 heterocycles. The van der Waals surface area contributed by atoms with Gasteiger partial charge in [0.15, 0.2) is 0 Å². The van der Waals surface area contributed by atoms with E-state index in [1.165, 1.54) is 5.56 Å². The molecule has 8 heteroatoms. The molecule has 1 aromatic heterocycles. The predicted octanol–water partition coefficient (Wildman–Crippen LogP) is 3.76. The van der Waals surface area contributed by atoms with E-state index >= 15 is 0 Å². The topological polar surface area (TPSA) is 88.4 Å². The number of nitrogens with zero attached hydrogens (tertiary/aromatic N) is 6. The lowest BCUT2D eigenvalue weighted by Crippen LogP contribution is -2.47. The highest BCUT2D eigenvalue weighted by Gasteiger charge is 2.20. The van der Waals surface area contributed by atoms with Gasteiger partial charge >= 0.3 is 0 Å². The van der Waals surface area contributed by atoms with Crippen LogP contribution in [0.2, 0.25) is 0 Å². The van der Waals surface area contributed by atoms with Gasteiger partial charge < -0.3 is 20.0 Å². The van der Waals surface area contributed by atoms with Crippen LogP contribution in [0, 0.1) is 11.3 Å². The summed E-state index contributed by atoms with van der Waals surface area (Å²) in [5.41, 5.74) is 3.32. The summed E-state index contributed by atoms with van der Waals surface area (Å²) in [4.78, 5) is 28.3. The zero-order valence-electron chi connectivity index (χ0n) is 21.5. The highest BCUT2D eigenvalue weighted by Crippen LogP contribution is 2.25. The maximum absolute atomic E-state index is 13.0. The monoisotopic (exact) mass is 493 g/mol. The molecular weight excluding hydrogens is 462 g/mol. The van der Waals surface area contributed by atoms with Gasteiger partial charge in [-0.3, -0.25) is 4.79 Å². The van der Waals surface area contributed by atoms with E-state index in [0.717, 1.165) is 65.7 Å². The number of rotatable bonds is 6. The van der Waals surface area contributed by atoms with Crippen molar-refractivity contribution in [1.82, 2.24) is 19.8 Å². The first kappa shape index (κ1) is 24.5. The number of aromatic nitrogens is 2. The van der Waals surface area contributed by atoms with Crippen LogP contribution in [0.25, 0.3) is 21.7 Å². The Morgan fingerprint density at radius 1 is 1.00 bits per heavy atom. The Labute approximate surface area is 217 Å². The van der Waals surface area contributed by atoms with E-state index in [4.69, 9.17) is 0 Å². The van der Waals surface area contributed by atoms with Crippen LogP contribution in [0.4, 0.5) is 11.8 Å². The molecule has 0 spiro atoms. The van der Waals surface area contributed by atoms with Gasteiger partial charge in [0.2, 0.25) is 5.95 Å². The largest absolute Gasteiger partial charge is 0.369 e. The summed E-state index contributed by atoms with van der Waals surface area (Å²) in [7, 11) is 5.91. The molecule has 5 rings (SSSR count). The van der Waals surface area contributed by atoms with E-state index in [-0.39, 0.29) is 5.91 Å². The number of likely N-dealkylation sites (N-methyl/N-ethyl adjacent to an activating group) is 1. The summed E-state index contributed by atoms with van der Waals surface area (Å²) in [5, 5.41) is 15.8. The molecule has 37 heavy (non-hydrogen) atoms. The van der Waals surface area contributed by atoms with Gasteiger partial charge in [-0.15, -0.1) is 0 Å². The van der Waals surface area contributed by atoms with Crippen LogP contribution < -0.4 is 10.2 Å². The van der Waals surface area contributed by atoms with Crippen molar-refractivity contribution >= 4 is 39.3 Å². The number of hydrogen-bond donors (Lipinski definition) is 1. The smallest absolute Gasteiger partial charge is 0.253 e. The molecule has 0 saturated carbocycles. The maximum atomic E-state index is 13.0. The second-order valence-corrected chi connectivity index (χ2v) is 9.78. The van der Waals surface area contributed by atoms with Crippen LogP contribution in [0.1, 0.15) is 21.5 Å². The van der Waals surface area contributed by atoms with E-state index in [2.05, 4.69) is 51.5 Å². The number of nitrogens with one attached hydrogen (secondary N) is 1. The van der Waals surface area contributed by atoms with Crippen molar-refractivity contribution in [3.8, 4) is 6.07 Å². The average Bonchev–Trinajstić information content (AvgIpc) is 2.92. The molecule has 1 saturated heterocycles. The minimum atomic E-state index is 0.108. The zero-order chi connectivity index (χ0) is 25.9. The minimum Gasteiger partial charge on any atom is -0.369 e. The summed E-state index contributed by atoms with van der Waals surface area (Å²) < 4.78 is 0. The van der Waals surface area contributed by atoms with Crippen molar-refractivity contribution < 1.29 is 4.79 Å². The average molecular weight is 494 g/mol. The van der Waals surface area contributed by atoms with Gasteiger partial charge in [0, 0.05) is 57.8 Å². The number of carbonyl (C=O) groups excluding carboxylic acids is 1. The number of hydrogen-bond acceptors (Lipinski definition) is 7. The van der Waals surface area contributed by atoms with Crippen molar-refractivity contribution in [2.24, 2.45) is 0 Å². The Morgan fingerprint density at radius 2 is 1.76 bits per heavy atom. The van der Waals surface area contributed by atoms with Crippen molar-refractivity contribution in [1.29, 1.82) is 5.26 Å². The number of anilines is 2. The van der Waals surface area contributed by atoms with Crippen LogP contribution in [0.15, 0.2) is 54.6 Å². The third kappa shape index (κ3) is 5.32. The van der Waals surface area contributed by atoms with Gasteiger partial charge in [-0.05, 0) is 60.1 Å². The fourth-order valence-corrected chi connectivity index (χ4v) is 4.62. The van der Waals surface area contributed by atoms with Crippen molar-refractivity contribution in [2.45, 2.75) is 6.42 Å². The van der Waals surface area contributed by atoms with Gasteiger partial charge in [-0.25, -0.2) is 4.98 Å². The van der Waals surface area contributed by atoms with E-state index in [1.54, 1.807) is 6.07 Å². The molecule has 8 nitrogen and oxygen atoms in total. The third-order valence-electron chi connectivity index (χ3n) is 6.86. The minimum absolute atomic E-state index is 0.108. The molecular formula is C29H31N7O. The normalized spacial score (nSPS) is 14.1. The van der Waals surface area contributed by atoms with Crippen LogP contribution in [0.5, 0.6) is 0 Å². The van der Waals surface area contributed by atoms with E-state index < -0.39 is 0 Å². The van der Waals surface area contributed by atoms with E-state index in [9.17, 15) is 10.1 Å². The number of fused-ring (bicyclic) bond motifs is 2. The second-order valence-electron chi connectivity index (χ2n) is 9.78. The van der Waals surface area contributed by atoms with Gasteiger partial charge in [-0.2, -0.15) is 10.2 Å². The Bertz CT molecular complexity index is 1500. The summed E-state index contributed by atoms with van der Waals surface area (Å²) in [6.07, 6.45) is 0.804. The Morgan fingerprint density at radius 3 is 2.51 bits per heavy atom. The molecule has 1 N–H and O–H groups in total. The zero-order valence-corrected chi connectivity index (χ0v) is 21.5. The Hall–Kier alpha value is -4.22. The van der Waals surface area contributed by atoms with Gasteiger partial charge in [-0.1, -0.05) is 24.3 Å². The lowest BCUT2D eigenvalue weighted by atomic mass is 10.0. The molecule has 1 aliphatic heterocycles. The van der Waals surface area contributed by atoms with Crippen LogP contribution in [0.3, 0.4) is 0 Å². The third-order valence-corrected chi connectivity index (χ3v) is 6.86. The number of carbonyl (C=O) groups is 1. The second kappa shape index (κ2) is 10.4. The number of nitriles is 1. The molecule has 1 fully saturated rings. The molecule has 1 aliphatic rings. The lowest BCUT2D eigenvalue weighted by molar-refractivity contribution is 0.0664. The maximum Gasteiger partial charge on any atom is 0.253 e. The molecule has 0 unspecified atom stereocenters. The van der Waals surface area contributed by atoms with Crippen LogP contribution in [-0.4, -0.2) is 79.5 Å². The highest BCUT2D eigenvalue weighted by atomic mass is 16.2. The Balaban J connectivity index is 1.30. The predicted molar refractivity (Wildman–Crippen MR) is 148 cm³/mol. The van der Waals surface area contributed by atoms with Crippen molar-refractivity contribution in [3.05, 3.63) is 71.3 Å². The molecule has 0 bridgehead atoms. The Kier molecular flexibility index (Phi) is 6.89. The summed E-state index contributed by atoms with van der Waals surface area (Å²) in [5.74, 6) is 1.45. The number of benzene rings is 3. The van der Waals surface area contributed by atoms with Gasteiger partial charge in [0.25, 0.3) is 5.91 Å². The molecule has 3 aromatic carbocycles. The van der Waals surface area contributed by atoms with Crippen molar-refractivity contribution in [3.63, 3.8) is 0 Å². The molecule has 0 radical (unpaired) electrons. The van der Waals surface area contributed by atoms with Crippen LogP contribution in [-0.2, 0) is 6.42 Å². The van der Waals surface area contributed by atoms with Gasteiger partial charge in [0.1, 0.15) is 5.82 Å². The van der Waals surface area contributed by atoms with Crippen LogP contribution >= 0.6 is 0 Å². The fourth-order valence-electron chi connectivity index (χ4n) is 4.62. The fraction of sp³-hybridized carbons (Fsp3) is 0.310. The molecule has 1 amide bonds. The van der Waals surface area contributed by atoms with E-state index in [1.807, 2.05) is 54.2 Å². The molecule has 188 valence electrons. The van der Waals surface area contributed by atoms with E-state index in [0.29, 0.717) is 18.1 Å². The summed E-state index contributed by atoms with van der Waals surface area (Å²) >= 11 is 0.